The molecule has 2 rings (SSSR count). The minimum atomic E-state index is -0.687. The minimum Gasteiger partial charge on any atom is -0.494 e. The Hall–Kier alpha value is -2.09. The molecule has 1 aromatic heterocycles. The zero-order valence-corrected chi connectivity index (χ0v) is 13.4. The maximum Gasteiger partial charge on any atom is 0.334 e. The Labute approximate surface area is 134 Å². The van der Waals surface area contributed by atoms with Crippen molar-refractivity contribution in [2.45, 2.75) is 64.1 Å². The Morgan fingerprint density at radius 1 is 1.30 bits per heavy atom. The number of aromatic hydroxyl groups is 1. The molecule has 128 valence electrons. The van der Waals surface area contributed by atoms with Gasteiger partial charge in [-0.15, -0.1) is 0 Å². The summed E-state index contributed by atoms with van der Waals surface area (Å²) in [5.41, 5.74) is 9.82. The topological polar surface area (TPSA) is 140 Å². The molecule has 1 aliphatic carbocycles. The number of nitrogens with two attached hydrogens (primary N) is 2. The van der Waals surface area contributed by atoms with Gasteiger partial charge in [-0.1, -0.05) is 13.3 Å². The van der Waals surface area contributed by atoms with Gasteiger partial charge < -0.3 is 16.6 Å². The third-order valence-corrected chi connectivity index (χ3v) is 4.46. The van der Waals surface area contributed by atoms with Crippen molar-refractivity contribution in [2.75, 3.05) is 0 Å². The molecule has 6 N–H and O–H groups in total. The summed E-state index contributed by atoms with van der Waals surface area (Å²) in [4.78, 5) is 25.3. The molecule has 0 aliphatic heterocycles. The van der Waals surface area contributed by atoms with Crippen molar-refractivity contribution in [2.24, 2.45) is 11.5 Å². The summed E-state index contributed by atoms with van der Waals surface area (Å²) in [5.74, 6) is -1.04. The van der Waals surface area contributed by atoms with Crippen molar-refractivity contribution >= 4 is 5.84 Å². The Kier molecular flexibility index (Phi) is 5.25. The maximum atomic E-state index is 12.7. The molecule has 1 aromatic rings. The summed E-state index contributed by atoms with van der Waals surface area (Å²) in [6.45, 7) is 2.25. The molecular formula is C15H25N5O3. The van der Waals surface area contributed by atoms with E-state index in [4.69, 9.17) is 16.9 Å². The normalized spacial score (nSPS) is 21.3. The molecule has 0 atom stereocenters. The second-order valence-corrected chi connectivity index (χ2v) is 6.14. The first kappa shape index (κ1) is 17.3. The SMILES string of the molecule is CCCCn1c(O)c(C(=N)N)c(=O)n(C2CCC(N)CC2)c1=O. The van der Waals surface area contributed by atoms with Crippen molar-refractivity contribution in [1.82, 2.24) is 9.13 Å². The van der Waals surface area contributed by atoms with E-state index >= 15 is 0 Å². The molecule has 1 heterocycles. The molecule has 8 nitrogen and oxygen atoms in total. The summed E-state index contributed by atoms with van der Waals surface area (Å²) in [5, 5.41) is 17.8. The van der Waals surface area contributed by atoms with E-state index in [1.54, 1.807) is 0 Å². The van der Waals surface area contributed by atoms with Gasteiger partial charge in [-0.2, -0.15) is 0 Å². The average Bonchev–Trinajstić information content (AvgIpc) is 2.48. The molecule has 1 fully saturated rings. The largest absolute Gasteiger partial charge is 0.494 e. The zero-order chi connectivity index (χ0) is 17.1. The molecule has 0 aromatic carbocycles. The number of hydrogen-bond donors (Lipinski definition) is 4. The second kappa shape index (κ2) is 6.99. The molecule has 0 radical (unpaired) electrons. The fourth-order valence-corrected chi connectivity index (χ4v) is 3.09. The van der Waals surface area contributed by atoms with Gasteiger partial charge in [-0.05, 0) is 32.1 Å². The highest BCUT2D eigenvalue weighted by atomic mass is 16.3. The van der Waals surface area contributed by atoms with Crippen LogP contribution in [-0.4, -0.2) is 26.1 Å². The lowest BCUT2D eigenvalue weighted by atomic mass is 9.91. The molecule has 0 amide bonds. The summed E-state index contributed by atoms with van der Waals surface area (Å²) >= 11 is 0. The van der Waals surface area contributed by atoms with Gasteiger partial charge >= 0.3 is 5.69 Å². The van der Waals surface area contributed by atoms with Crippen LogP contribution in [0.4, 0.5) is 0 Å². The predicted octanol–water partition coefficient (Wildman–Crippen LogP) is 0.242. The first-order chi connectivity index (χ1) is 10.9. The molecule has 1 aliphatic rings. The number of nitrogen functional groups attached to an aromatic ring is 1. The zero-order valence-electron chi connectivity index (χ0n) is 13.4. The Balaban J connectivity index is 2.60. The van der Waals surface area contributed by atoms with E-state index in [-0.39, 0.29) is 24.2 Å². The molecule has 23 heavy (non-hydrogen) atoms. The molecule has 0 spiro atoms. The van der Waals surface area contributed by atoms with Gasteiger partial charge in [0.15, 0.2) is 0 Å². The van der Waals surface area contributed by atoms with Crippen LogP contribution >= 0.6 is 0 Å². The van der Waals surface area contributed by atoms with Crippen LogP contribution in [0.2, 0.25) is 0 Å². The lowest BCUT2D eigenvalue weighted by Crippen LogP contribution is -2.46. The number of unbranched alkanes of at least 4 members (excludes halogenated alkanes) is 1. The summed E-state index contributed by atoms with van der Waals surface area (Å²) in [6.07, 6.45) is 4.25. The summed E-state index contributed by atoms with van der Waals surface area (Å²) in [6, 6.07) is -0.171. The van der Waals surface area contributed by atoms with E-state index in [1.807, 2.05) is 6.92 Å². The Bertz CT molecular complexity index is 698. The number of amidine groups is 1. The van der Waals surface area contributed by atoms with E-state index in [9.17, 15) is 14.7 Å². The third kappa shape index (κ3) is 3.31. The van der Waals surface area contributed by atoms with Crippen LogP contribution in [0.1, 0.15) is 57.1 Å². The number of aromatic nitrogens is 2. The first-order valence-corrected chi connectivity index (χ1v) is 8.06. The van der Waals surface area contributed by atoms with Gasteiger partial charge in [0.2, 0.25) is 5.88 Å². The van der Waals surface area contributed by atoms with E-state index in [1.165, 1.54) is 0 Å². The van der Waals surface area contributed by atoms with Gasteiger partial charge in [-0.25, -0.2) is 4.79 Å². The van der Waals surface area contributed by atoms with Crippen LogP contribution in [0.25, 0.3) is 0 Å². The fraction of sp³-hybridized carbons (Fsp3) is 0.667. The van der Waals surface area contributed by atoms with Crippen LogP contribution < -0.4 is 22.7 Å². The molecule has 0 saturated heterocycles. The van der Waals surface area contributed by atoms with E-state index in [0.717, 1.165) is 28.4 Å². The van der Waals surface area contributed by atoms with Crippen LogP contribution in [0, 0.1) is 5.41 Å². The monoisotopic (exact) mass is 323 g/mol. The Morgan fingerprint density at radius 3 is 2.43 bits per heavy atom. The number of hydrogen-bond acceptors (Lipinski definition) is 5. The van der Waals surface area contributed by atoms with Gasteiger partial charge in [0.1, 0.15) is 11.4 Å². The van der Waals surface area contributed by atoms with Crippen molar-refractivity contribution in [1.29, 1.82) is 5.41 Å². The van der Waals surface area contributed by atoms with Gasteiger partial charge in [0.25, 0.3) is 5.56 Å². The average molecular weight is 323 g/mol. The van der Waals surface area contributed by atoms with Crippen LogP contribution in [0.15, 0.2) is 9.59 Å². The lowest BCUT2D eigenvalue weighted by Gasteiger charge is -2.28. The predicted molar refractivity (Wildman–Crippen MR) is 88.0 cm³/mol. The molecule has 1 saturated carbocycles. The van der Waals surface area contributed by atoms with E-state index < -0.39 is 23.0 Å². The van der Waals surface area contributed by atoms with Crippen molar-refractivity contribution in [3.63, 3.8) is 0 Å². The molecule has 0 bridgehead atoms. The van der Waals surface area contributed by atoms with Gasteiger partial charge in [0, 0.05) is 18.6 Å². The molecule has 8 heteroatoms. The van der Waals surface area contributed by atoms with Crippen LogP contribution in [0.3, 0.4) is 0 Å². The van der Waals surface area contributed by atoms with Gasteiger partial charge in [0.05, 0.1) is 0 Å². The number of nitrogens with one attached hydrogen (secondary N) is 1. The standard InChI is InChI=1S/C15H25N5O3/c1-2-3-8-19-13(21)11(12(17)18)14(22)20(15(19)23)10-6-4-9(16)5-7-10/h9-10,21H,2-8,16H2,1H3,(H3,17,18). The fourth-order valence-electron chi connectivity index (χ4n) is 3.09. The second-order valence-electron chi connectivity index (χ2n) is 6.14. The highest BCUT2D eigenvalue weighted by molar-refractivity contribution is 5.96. The van der Waals surface area contributed by atoms with Gasteiger partial charge in [-0.3, -0.25) is 19.3 Å². The van der Waals surface area contributed by atoms with Crippen molar-refractivity contribution < 1.29 is 5.11 Å². The summed E-state index contributed by atoms with van der Waals surface area (Å²) < 4.78 is 2.30. The Morgan fingerprint density at radius 2 is 1.91 bits per heavy atom. The first-order valence-electron chi connectivity index (χ1n) is 8.06. The highest BCUT2D eigenvalue weighted by Crippen LogP contribution is 2.26. The highest BCUT2D eigenvalue weighted by Gasteiger charge is 2.27. The molecule has 0 unspecified atom stereocenters. The van der Waals surface area contributed by atoms with Crippen LogP contribution in [0.5, 0.6) is 5.88 Å². The van der Waals surface area contributed by atoms with E-state index in [0.29, 0.717) is 19.3 Å². The number of rotatable bonds is 5. The maximum absolute atomic E-state index is 12.7. The van der Waals surface area contributed by atoms with Crippen LogP contribution in [-0.2, 0) is 6.54 Å². The van der Waals surface area contributed by atoms with Crippen molar-refractivity contribution in [3.05, 3.63) is 26.4 Å². The van der Waals surface area contributed by atoms with Crippen molar-refractivity contribution in [3.8, 4) is 5.88 Å². The number of nitrogens with zero attached hydrogens (tertiary/aromatic N) is 2. The lowest BCUT2D eigenvalue weighted by molar-refractivity contribution is 0.295. The minimum absolute atomic E-state index is 0.0914. The summed E-state index contributed by atoms with van der Waals surface area (Å²) in [7, 11) is 0. The third-order valence-electron chi connectivity index (χ3n) is 4.46. The molecular weight excluding hydrogens is 298 g/mol. The smallest absolute Gasteiger partial charge is 0.334 e. The quantitative estimate of drug-likeness (QED) is 0.454. The van der Waals surface area contributed by atoms with E-state index in [2.05, 4.69) is 0 Å².